The summed E-state index contributed by atoms with van der Waals surface area (Å²) in [6, 6.07) is 13.0. The van der Waals surface area contributed by atoms with Crippen molar-refractivity contribution in [3.63, 3.8) is 0 Å². The molecule has 1 heterocycles. The van der Waals surface area contributed by atoms with Crippen molar-refractivity contribution < 1.29 is 0 Å². The smallest absolute Gasteiger partial charge is 0.191 e. The van der Waals surface area contributed by atoms with Gasteiger partial charge in [-0.15, -0.1) is 35.3 Å². The number of aliphatic imine (C=N–C) groups is 1. The normalized spacial score (nSPS) is 12.4. The van der Waals surface area contributed by atoms with Gasteiger partial charge in [-0.05, 0) is 35.9 Å². The first-order chi connectivity index (χ1) is 10.2. The van der Waals surface area contributed by atoms with E-state index < -0.39 is 0 Å². The molecule has 0 amide bonds. The summed E-state index contributed by atoms with van der Waals surface area (Å²) in [5.41, 5.74) is 2.71. The quantitative estimate of drug-likeness (QED) is 0.421. The minimum absolute atomic E-state index is 0. The fraction of sp³-hybridized carbons (Fsp3) is 0.353. The zero-order valence-corrected chi connectivity index (χ0v) is 16.4. The molecule has 2 rings (SSSR count). The van der Waals surface area contributed by atoms with Crippen LogP contribution in [-0.2, 0) is 13.0 Å². The van der Waals surface area contributed by atoms with Crippen molar-refractivity contribution in [2.75, 3.05) is 7.05 Å². The van der Waals surface area contributed by atoms with Gasteiger partial charge in [-0.1, -0.05) is 37.3 Å². The predicted molar refractivity (Wildman–Crippen MR) is 107 cm³/mol. The Kier molecular flexibility index (Phi) is 8.48. The number of rotatable bonds is 5. The molecule has 1 atom stereocenters. The van der Waals surface area contributed by atoms with E-state index in [2.05, 4.69) is 71.3 Å². The molecule has 2 aromatic rings. The van der Waals surface area contributed by atoms with Crippen molar-refractivity contribution in [3.05, 3.63) is 57.8 Å². The van der Waals surface area contributed by atoms with Crippen LogP contribution in [0.1, 0.15) is 35.9 Å². The molecular formula is C17H24IN3S. The van der Waals surface area contributed by atoms with Crippen molar-refractivity contribution in [3.8, 4) is 0 Å². The molecule has 0 saturated carbocycles. The Morgan fingerprint density at radius 2 is 1.91 bits per heavy atom. The minimum atomic E-state index is 0. The van der Waals surface area contributed by atoms with Gasteiger partial charge in [-0.3, -0.25) is 4.99 Å². The average molecular weight is 429 g/mol. The second kappa shape index (κ2) is 9.84. The maximum absolute atomic E-state index is 4.31. The summed E-state index contributed by atoms with van der Waals surface area (Å²) >= 11 is 1.76. The Hall–Kier alpha value is -1.08. The molecule has 0 fully saturated rings. The number of benzene rings is 1. The SMILES string of the molecule is CCc1ccccc1CNC(=NC)NC(C)c1cccs1.I. The van der Waals surface area contributed by atoms with Crippen LogP contribution in [0.2, 0.25) is 0 Å². The summed E-state index contributed by atoms with van der Waals surface area (Å²) < 4.78 is 0. The number of guanidine groups is 1. The summed E-state index contributed by atoms with van der Waals surface area (Å²) in [7, 11) is 1.81. The van der Waals surface area contributed by atoms with Gasteiger partial charge in [-0.2, -0.15) is 0 Å². The van der Waals surface area contributed by atoms with E-state index in [4.69, 9.17) is 0 Å². The Morgan fingerprint density at radius 3 is 2.50 bits per heavy atom. The molecule has 2 N–H and O–H groups in total. The van der Waals surface area contributed by atoms with E-state index in [0.717, 1.165) is 18.9 Å². The van der Waals surface area contributed by atoms with Gasteiger partial charge in [0.2, 0.25) is 0 Å². The molecule has 0 bridgehead atoms. The van der Waals surface area contributed by atoms with Gasteiger partial charge in [0.15, 0.2) is 5.96 Å². The average Bonchev–Trinajstić information content (AvgIpc) is 3.06. The first-order valence-corrected chi connectivity index (χ1v) is 8.20. The zero-order chi connectivity index (χ0) is 15.1. The third-order valence-corrected chi connectivity index (χ3v) is 4.55. The monoisotopic (exact) mass is 429 g/mol. The van der Waals surface area contributed by atoms with Crippen LogP contribution < -0.4 is 10.6 Å². The molecule has 120 valence electrons. The summed E-state index contributed by atoms with van der Waals surface area (Å²) in [4.78, 5) is 5.62. The van der Waals surface area contributed by atoms with E-state index in [1.54, 1.807) is 11.3 Å². The van der Waals surface area contributed by atoms with Crippen molar-refractivity contribution in [1.82, 2.24) is 10.6 Å². The molecule has 22 heavy (non-hydrogen) atoms. The van der Waals surface area contributed by atoms with E-state index in [9.17, 15) is 0 Å². The van der Waals surface area contributed by atoms with Crippen molar-refractivity contribution in [2.45, 2.75) is 32.9 Å². The Balaban J connectivity index is 0.00000242. The number of hydrogen-bond acceptors (Lipinski definition) is 2. The van der Waals surface area contributed by atoms with Crippen LogP contribution in [0.15, 0.2) is 46.8 Å². The number of nitrogens with one attached hydrogen (secondary N) is 2. The third-order valence-electron chi connectivity index (χ3n) is 3.49. The van der Waals surface area contributed by atoms with E-state index in [1.165, 1.54) is 16.0 Å². The molecule has 0 aliphatic carbocycles. The lowest BCUT2D eigenvalue weighted by molar-refractivity contribution is 0.695. The molecule has 0 spiro atoms. The number of halogens is 1. The second-order valence-electron chi connectivity index (χ2n) is 4.93. The highest BCUT2D eigenvalue weighted by Crippen LogP contribution is 2.17. The summed E-state index contributed by atoms with van der Waals surface area (Å²) in [5, 5.41) is 8.92. The van der Waals surface area contributed by atoms with Gasteiger partial charge < -0.3 is 10.6 Å². The van der Waals surface area contributed by atoms with E-state index in [1.807, 2.05) is 7.05 Å². The maximum atomic E-state index is 4.31. The number of thiophene rings is 1. The highest BCUT2D eigenvalue weighted by molar-refractivity contribution is 14.0. The van der Waals surface area contributed by atoms with Crippen LogP contribution in [0.4, 0.5) is 0 Å². The van der Waals surface area contributed by atoms with Crippen LogP contribution in [0.25, 0.3) is 0 Å². The Bertz CT molecular complexity index is 581. The molecule has 5 heteroatoms. The Labute approximate surface area is 154 Å². The standard InChI is InChI=1S/C17H23N3S.HI/c1-4-14-8-5-6-9-15(14)12-19-17(18-3)20-13(2)16-10-7-11-21-16;/h5-11,13H,4,12H2,1-3H3,(H2,18,19,20);1H. The summed E-state index contributed by atoms with van der Waals surface area (Å²) in [6.45, 7) is 5.13. The van der Waals surface area contributed by atoms with Crippen LogP contribution in [0.3, 0.4) is 0 Å². The van der Waals surface area contributed by atoms with Gasteiger partial charge in [-0.25, -0.2) is 0 Å². The molecule has 1 unspecified atom stereocenters. The summed E-state index contributed by atoms with van der Waals surface area (Å²) in [5.74, 6) is 0.835. The number of aryl methyl sites for hydroxylation is 1. The molecule has 0 aliphatic rings. The topological polar surface area (TPSA) is 36.4 Å². The lowest BCUT2D eigenvalue weighted by atomic mass is 10.1. The van der Waals surface area contributed by atoms with Gasteiger partial charge >= 0.3 is 0 Å². The fourth-order valence-electron chi connectivity index (χ4n) is 2.26. The second-order valence-corrected chi connectivity index (χ2v) is 5.91. The van der Waals surface area contributed by atoms with E-state index in [0.29, 0.717) is 0 Å². The number of nitrogens with zero attached hydrogens (tertiary/aromatic N) is 1. The number of hydrogen-bond donors (Lipinski definition) is 2. The highest BCUT2D eigenvalue weighted by Gasteiger charge is 2.08. The van der Waals surface area contributed by atoms with Gasteiger partial charge in [0.25, 0.3) is 0 Å². The van der Waals surface area contributed by atoms with Crippen LogP contribution in [0, 0.1) is 0 Å². The third kappa shape index (κ3) is 5.28. The van der Waals surface area contributed by atoms with Gasteiger partial charge in [0, 0.05) is 18.5 Å². The van der Waals surface area contributed by atoms with Gasteiger partial charge in [0.1, 0.15) is 0 Å². The molecule has 3 nitrogen and oxygen atoms in total. The van der Waals surface area contributed by atoms with E-state index >= 15 is 0 Å². The lowest BCUT2D eigenvalue weighted by Gasteiger charge is -2.17. The first kappa shape index (κ1) is 19.0. The van der Waals surface area contributed by atoms with Crippen molar-refractivity contribution >= 4 is 41.3 Å². The van der Waals surface area contributed by atoms with E-state index in [-0.39, 0.29) is 30.0 Å². The van der Waals surface area contributed by atoms with Crippen molar-refractivity contribution in [2.24, 2.45) is 4.99 Å². The minimum Gasteiger partial charge on any atom is -0.352 e. The maximum Gasteiger partial charge on any atom is 0.191 e. The first-order valence-electron chi connectivity index (χ1n) is 7.32. The highest BCUT2D eigenvalue weighted by atomic mass is 127. The summed E-state index contributed by atoms with van der Waals surface area (Å²) in [6.07, 6.45) is 1.05. The van der Waals surface area contributed by atoms with Crippen LogP contribution in [0.5, 0.6) is 0 Å². The zero-order valence-electron chi connectivity index (χ0n) is 13.3. The molecule has 0 saturated heterocycles. The van der Waals surface area contributed by atoms with Crippen molar-refractivity contribution in [1.29, 1.82) is 0 Å². The largest absolute Gasteiger partial charge is 0.352 e. The van der Waals surface area contributed by atoms with Crippen LogP contribution in [-0.4, -0.2) is 13.0 Å². The van der Waals surface area contributed by atoms with Crippen LogP contribution >= 0.6 is 35.3 Å². The lowest BCUT2D eigenvalue weighted by Crippen LogP contribution is -2.38. The molecule has 0 radical (unpaired) electrons. The molecule has 0 aliphatic heterocycles. The molecular weight excluding hydrogens is 405 g/mol. The van der Waals surface area contributed by atoms with Gasteiger partial charge in [0.05, 0.1) is 6.04 Å². The predicted octanol–water partition coefficient (Wildman–Crippen LogP) is 4.35. The molecule has 1 aromatic heterocycles. The Morgan fingerprint density at radius 1 is 1.18 bits per heavy atom. The molecule has 1 aromatic carbocycles. The fourth-order valence-corrected chi connectivity index (χ4v) is 3.00.